The van der Waals surface area contributed by atoms with Gasteiger partial charge in [0.05, 0.1) is 30.5 Å². The molecule has 0 spiro atoms. The average molecular weight is 498 g/mol. The lowest BCUT2D eigenvalue weighted by atomic mass is 9.90. The smallest absolute Gasteiger partial charge is 0.337 e. The van der Waals surface area contributed by atoms with Gasteiger partial charge in [-0.1, -0.05) is 66.2 Å². The van der Waals surface area contributed by atoms with Crippen molar-refractivity contribution in [3.05, 3.63) is 136 Å². The lowest BCUT2D eigenvalue weighted by molar-refractivity contribution is -0.113. The van der Waals surface area contributed by atoms with Gasteiger partial charge in [-0.15, -0.1) is 0 Å². The molecule has 1 aliphatic heterocycles. The van der Waals surface area contributed by atoms with E-state index in [0.29, 0.717) is 27.4 Å². The Morgan fingerprint density at radius 1 is 0.861 bits per heavy atom. The van der Waals surface area contributed by atoms with Crippen LogP contribution in [0.1, 0.15) is 32.6 Å². The van der Waals surface area contributed by atoms with Gasteiger partial charge in [-0.05, 0) is 59.2 Å². The molecule has 36 heavy (non-hydrogen) atoms. The molecule has 178 valence electrons. The van der Waals surface area contributed by atoms with Crippen molar-refractivity contribution in [3.8, 4) is 0 Å². The summed E-state index contributed by atoms with van der Waals surface area (Å²) in [6.07, 6.45) is 0. The molecule has 0 unspecified atom stereocenters. The number of fused-ring (bicyclic) bond motifs is 1. The number of nitrogens with zero attached hydrogens (tertiary/aromatic N) is 1. The van der Waals surface area contributed by atoms with Gasteiger partial charge in [-0.3, -0.25) is 4.79 Å². The largest absolute Gasteiger partial charge is 0.465 e. The Labute approximate surface area is 213 Å². The molecule has 0 aromatic heterocycles. The topological polar surface area (TPSA) is 46.6 Å². The van der Waals surface area contributed by atoms with Crippen LogP contribution in [0.25, 0.3) is 11.1 Å². The van der Waals surface area contributed by atoms with E-state index in [2.05, 4.69) is 0 Å². The summed E-state index contributed by atoms with van der Waals surface area (Å²) in [5, 5.41) is 0.587. The molecule has 1 amide bonds. The van der Waals surface area contributed by atoms with Gasteiger partial charge in [-0.25, -0.2) is 9.18 Å². The highest BCUT2D eigenvalue weighted by Crippen LogP contribution is 2.44. The first-order chi connectivity index (χ1) is 17.5. The average Bonchev–Trinajstić information content (AvgIpc) is 3.16. The van der Waals surface area contributed by atoms with Crippen LogP contribution in [-0.2, 0) is 16.1 Å². The highest BCUT2D eigenvalue weighted by atomic mass is 35.5. The molecule has 1 heterocycles. The molecule has 0 atom stereocenters. The van der Waals surface area contributed by atoms with E-state index in [9.17, 15) is 14.0 Å². The van der Waals surface area contributed by atoms with E-state index in [1.807, 2.05) is 48.5 Å². The Kier molecular flexibility index (Phi) is 6.40. The molecule has 0 saturated carbocycles. The number of hydrogen-bond donors (Lipinski definition) is 0. The number of halogens is 2. The van der Waals surface area contributed by atoms with Gasteiger partial charge < -0.3 is 9.64 Å². The van der Waals surface area contributed by atoms with Crippen molar-refractivity contribution < 1.29 is 18.7 Å². The van der Waals surface area contributed by atoms with Gasteiger partial charge >= 0.3 is 5.97 Å². The van der Waals surface area contributed by atoms with E-state index < -0.39 is 11.8 Å². The summed E-state index contributed by atoms with van der Waals surface area (Å²) in [5.74, 6) is -1.16. The zero-order valence-electron chi connectivity index (χ0n) is 19.4. The monoisotopic (exact) mass is 497 g/mol. The SMILES string of the molecule is COC(=O)c1cccc(CN2C(=O)/C(=C(\c3ccccc3)c3ccc(Cl)cc3)c3ccc(F)cc32)c1. The standard InChI is InChI=1S/C30H21ClFNO3/c1-36-30(35)22-9-5-6-19(16-22)18-33-26-17-24(32)14-15-25(26)28(29(33)34)27(20-7-3-2-4-8-20)21-10-12-23(31)13-11-21/h2-17H,18H2,1H3/b28-27+. The molecule has 0 fully saturated rings. The molecule has 1 aliphatic rings. The Hall–Kier alpha value is -4.22. The van der Waals surface area contributed by atoms with Crippen molar-refractivity contribution in [1.82, 2.24) is 0 Å². The highest BCUT2D eigenvalue weighted by molar-refractivity contribution is 6.39. The molecule has 0 radical (unpaired) electrons. The third-order valence-corrected chi connectivity index (χ3v) is 6.37. The summed E-state index contributed by atoms with van der Waals surface area (Å²) in [4.78, 5) is 27.6. The van der Waals surface area contributed by atoms with E-state index >= 15 is 0 Å². The summed E-state index contributed by atoms with van der Waals surface area (Å²) in [6, 6.07) is 28.2. The van der Waals surface area contributed by atoms with Crippen molar-refractivity contribution in [3.63, 3.8) is 0 Å². The normalized spacial score (nSPS) is 14.0. The molecule has 0 bridgehead atoms. The fourth-order valence-corrected chi connectivity index (χ4v) is 4.60. The maximum absolute atomic E-state index is 14.4. The summed E-state index contributed by atoms with van der Waals surface area (Å²) in [6.45, 7) is 0.159. The molecular formula is C30H21ClFNO3. The first-order valence-electron chi connectivity index (χ1n) is 11.3. The van der Waals surface area contributed by atoms with Crippen molar-refractivity contribution in [2.45, 2.75) is 6.54 Å². The fraction of sp³-hybridized carbons (Fsp3) is 0.0667. The number of methoxy groups -OCH3 is 1. The van der Waals surface area contributed by atoms with Crippen LogP contribution < -0.4 is 4.90 Å². The van der Waals surface area contributed by atoms with Gasteiger partial charge in [0.2, 0.25) is 0 Å². The van der Waals surface area contributed by atoms with E-state index in [-0.39, 0.29) is 12.5 Å². The molecule has 4 aromatic carbocycles. The van der Waals surface area contributed by atoms with Crippen LogP contribution >= 0.6 is 11.6 Å². The quantitative estimate of drug-likeness (QED) is 0.226. The Balaban J connectivity index is 1.69. The first-order valence-corrected chi connectivity index (χ1v) is 11.7. The maximum Gasteiger partial charge on any atom is 0.337 e. The highest BCUT2D eigenvalue weighted by Gasteiger charge is 2.35. The second-order valence-electron chi connectivity index (χ2n) is 8.37. The number of ether oxygens (including phenoxy) is 1. The molecule has 4 aromatic rings. The van der Waals surface area contributed by atoms with Crippen molar-refractivity contribution in [1.29, 1.82) is 0 Å². The summed E-state index contributed by atoms with van der Waals surface area (Å²) < 4.78 is 19.2. The molecule has 4 nitrogen and oxygen atoms in total. The lowest BCUT2D eigenvalue weighted by Gasteiger charge is -2.18. The third-order valence-electron chi connectivity index (χ3n) is 6.11. The second kappa shape index (κ2) is 9.80. The van der Waals surface area contributed by atoms with Crippen molar-refractivity contribution in [2.24, 2.45) is 0 Å². The number of amides is 1. The maximum atomic E-state index is 14.4. The number of rotatable bonds is 5. The third kappa shape index (κ3) is 4.41. The van der Waals surface area contributed by atoms with Crippen LogP contribution in [0, 0.1) is 5.82 Å². The van der Waals surface area contributed by atoms with Crippen LogP contribution in [0.4, 0.5) is 10.1 Å². The van der Waals surface area contributed by atoms with Gasteiger partial charge in [0.1, 0.15) is 5.82 Å². The van der Waals surface area contributed by atoms with Gasteiger partial charge in [-0.2, -0.15) is 0 Å². The Bertz CT molecular complexity index is 1500. The van der Waals surface area contributed by atoms with Gasteiger partial charge in [0.25, 0.3) is 5.91 Å². The first kappa shape index (κ1) is 23.5. The number of anilines is 1. The van der Waals surface area contributed by atoms with Gasteiger partial charge in [0.15, 0.2) is 0 Å². The Morgan fingerprint density at radius 2 is 1.56 bits per heavy atom. The van der Waals surface area contributed by atoms with Crippen molar-refractivity contribution in [2.75, 3.05) is 12.0 Å². The van der Waals surface area contributed by atoms with E-state index in [0.717, 1.165) is 22.3 Å². The molecule has 0 aliphatic carbocycles. The number of benzene rings is 4. The van der Waals surface area contributed by atoms with E-state index in [1.54, 1.807) is 41.3 Å². The molecule has 6 heteroatoms. The molecular weight excluding hydrogens is 477 g/mol. The Morgan fingerprint density at radius 3 is 2.28 bits per heavy atom. The zero-order chi connectivity index (χ0) is 25.2. The minimum Gasteiger partial charge on any atom is -0.465 e. The van der Waals surface area contributed by atoms with Crippen LogP contribution in [0.2, 0.25) is 5.02 Å². The van der Waals surface area contributed by atoms with Gasteiger partial charge in [0, 0.05) is 16.2 Å². The molecule has 0 saturated heterocycles. The summed E-state index contributed by atoms with van der Waals surface area (Å²) in [5.41, 5.74) is 5.09. The number of carbonyl (C=O) groups is 2. The number of esters is 1. The van der Waals surface area contributed by atoms with Crippen LogP contribution in [0.5, 0.6) is 0 Å². The van der Waals surface area contributed by atoms with Crippen LogP contribution in [-0.4, -0.2) is 19.0 Å². The van der Waals surface area contributed by atoms with Crippen LogP contribution in [0.15, 0.2) is 97.1 Å². The summed E-state index contributed by atoms with van der Waals surface area (Å²) >= 11 is 6.14. The van der Waals surface area contributed by atoms with Crippen molar-refractivity contribution >= 4 is 40.3 Å². The summed E-state index contributed by atoms with van der Waals surface area (Å²) in [7, 11) is 1.32. The second-order valence-corrected chi connectivity index (χ2v) is 8.80. The number of carbonyl (C=O) groups excluding carboxylic acids is 2. The van der Waals surface area contributed by atoms with Crippen LogP contribution in [0.3, 0.4) is 0 Å². The lowest BCUT2D eigenvalue weighted by Crippen LogP contribution is -2.26. The fourth-order valence-electron chi connectivity index (χ4n) is 4.47. The predicted octanol–water partition coefficient (Wildman–Crippen LogP) is 6.77. The minimum atomic E-state index is -0.467. The zero-order valence-corrected chi connectivity index (χ0v) is 20.1. The molecule has 5 rings (SSSR count). The van der Waals surface area contributed by atoms with E-state index in [4.69, 9.17) is 16.3 Å². The predicted molar refractivity (Wildman–Crippen MR) is 139 cm³/mol. The minimum absolute atomic E-state index is 0.159. The molecule has 0 N–H and O–H groups in total. The number of hydrogen-bond acceptors (Lipinski definition) is 3. The van der Waals surface area contributed by atoms with E-state index in [1.165, 1.54) is 19.2 Å².